The van der Waals surface area contributed by atoms with Gasteiger partial charge in [0.1, 0.15) is 0 Å². The Labute approximate surface area is 207 Å². The highest BCUT2D eigenvalue weighted by molar-refractivity contribution is 7.14. The number of pyridine rings is 1. The van der Waals surface area contributed by atoms with Gasteiger partial charge in [0.15, 0.2) is 5.13 Å². The largest absolute Gasteiger partial charge is 0.481 e. The molecule has 0 fully saturated rings. The number of anilines is 1. The van der Waals surface area contributed by atoms with Crippen molar-refractivity contribution in [2.24, 2.45) is 5.92 Å². The molecular weight excluding hydrogens is 462 g/mol. The fraction of sp³-hybridized carbons (Fsp3) is 0.185. The predicted octanol–water partition coefficient (Wildman–Crippen LogP) is 5.18. The smallest absolute Gasteiger partial charge is 0.304 e. The zero-order chi connectivity index (χ0) is 24.8. The molecule has 1 atom stereocenters. The molecule has 2 heterocycles. The van der Waals surface area contributed by atoms with Crippen molar-refractivity contribution in [1.29, 1.82) is 0 Å². The number of carbonyl (C=O) groups excluding carboxylic acids is 1. The normalized spacial score (nSPS) is 11.6. The van der Waals surface area contributed by atoms with Gasteiger partial charge in [-0.2, -0.15) is 0 Å². The summed E-state index contributed by atoms with van der Waals surface area (Å²) >= 11 is 1.34. The summed E-state index contributed by atoms with van der Waals surface area (Å²) in [5, 5.41) is 11.8. The molecule has 0 bridgehead atoms. The molecule has 1 N–H and O–H groups in total. The van der Waals surface area contributed by atoms with Crippen LogP contribution in [0.25, 0.3) is 22.4 Å². The van der Waals surface area contributed by atoms with Crippen LogP contribution in [0.3, 0.4) is 0 Å². The molecule has 178 valence electrons. The maximum absolute atomic E-state index is 13.3. The molecule has 0 saturated carbocycles. The zero-order valence-corrected chi connectivity index (χ0v) is 20.2. The Bertz CT molecular complexity index is 1320. The van der Waals surface area contributed by atoms with Crippen LogP contribution < -0.4 is 9.64 Å². The van der Waals surface area contributed by atoms with Crippen LogP contribution in [-0.2, 0) is 16.0 Å². The third-order valence-corrected chi connectivity index (χ3v) is 6.58. The number of carboxylic acid groups (broad SMARTS) is 1. The summed E-state index contributed by atoms with van der Waals surface area (Å²) in [5.74, 6) is -1.47. The summed E-state index contributed by atoms with van der Waals surface area (Å²) in [7, 11) is 3.22. The highest BCUT2D eigenvalue weighted by Gasteiger charge is 2.27. The van der Waals surface area contributed by atoms with Crippen LogP contribution >= 0.6 is 11.3 Å². The number of carboxylic acids is 1. The number of rotatable bonds is 9. The summed E-state index contributed by atoms with van der Waals surface area (Å²) in [6.07, 6.45) is 1.77. The second-order valence-electron chi connectivity index (χ2n) is 8.00. The third-order valence-electron chi connectivity index (χ3n) is 5.66. The first-order valence-corrected chi connectivity index (χ1v) is 11.9. The third kappa shape index (κ3) is 5.55. The van der Waals surface area contributed by atoms with E-state index < -0.39 is 11.9 Å². The molecule has 4 rings (SSSR count). The molecule has 2 aromatic carbocycles. The molecule has 4 aromatic rings. The van der Waals surface area contributed by atoms with Gasteiger partial charge < -0.3 is 9.84 Å². The number of carbonyl (C=O) groups is 2. The first-order valence-electron chi connectivity index (χ1n) is 11.1. The van der Waals surface area contributed by atoms with Gasteiger partial charge in [0, 0.05) is 29.8 Å². The van der Waals surface area contributed by atoms with E-state index in [0.717, 1.165) is 22.3 Å². The van der Waals surface area contributed by atoms with Gasteiger partial charge in [-0.3, -0.25) is 14.5 Å². The molecule has 7 nitrogen and oxygen atoms in total. The van der Waals surface area contributed by atoms with Gasteiger partial charge in [-0.1, -0.05) is 54.6 Å². The number of hydrogen-bond acceptors (Lipinski definition) is 6. The van der Waals surface area contributed by atoms with Crippen LogP contribution in [0.5, 0.6) is 5.88 Å². The van der Waals surface area contributed by atoms with Gasteiger partial charge in [-0.25, -0.2) is 9.97 Å². The van der Waals surface area contributed by atoms with Crippen molar-refractivity contribution in [1.82, 2.24) is 9.97 Å². The van der Waals surface area contributed by atoms with E-state index in [2.05, 4.69) is 4.98 Å². The average molecular weight is 488 g/mol. The van der Waals surface area contributed by atoms with E-state index in [-0.39, 0.29) is 12.3 Å². The lowest BCUT2D eigenvalue weighted by molar-refractivity contribution is -0.140. The lowest BCUT2D eigenvalue weighted by Crippen LogP contribution is -2.35. The van der Waals surface area contributed by atoms with E-state index in [1.54, 1.807) is 20.4 Å². The van der Waals surface area contributed by atoms with Crippen LogP contribution in [-0.4, -0.2) is 41.1 Å². The Morgan fingerprint density at radius 2 is 1.69 bits per heavy atom. The summed E-state index contributed by atoms with van der Waals surface area (Å²) in [6, 6.07) is 21.0. The first-order chi connectivity index (χ1) is 17.0. The second-order valence-corrected chi connectivity index (χ2v) is 8.84. The van der Waals surface area contributed by atoms with E-state index in [4.69, 9.17) is 9.72 Å². The number of hydrogen-bond donors (Lipinski definition) is 1. The quantitative estimate of drug-likeness (QED) is 0.350. The SMILES string of the molecule is COc1ncccc1-c1ccccc1-c1csc(N(C)C(=O)C(CC(=O)O)Cc2ccccc2)n1. The number of aromatic nitrogens is 2. The number of ether oxygens (including phenoxy) is 1. The molecule has 1 unspecified atom stereocenters. The maximum atomic E-state index is 13.3. The van der Waals surface area contributed by atoms with Crippen LogP contribution in [0.1, 0.15) is 12.0 Å². The minimum Gasteiger partial charge on any atom is -0.481 e. The van der Waals surface area contributed by atoms with E-state index >= 15 is 0 Å². The molecule has 0 aliphatic carbocycles. The molecular formula is C27H25N3O4S. The number of thiazole rings is 1. The number of nitrogens with zero attached hydrogens (tertiary/aromatic N) is 3. The number of amides is 1. The van der Waals surface area contributed by atoms with Crippen molar-refractivity contribution < 1.29 is 19.4 Å². The van der Waals surface area contributed by atoms with E-state index in [1.165, 1.54) is 16.2 Å². The van der Waals surface area contributed by atoms with Gasteiger partial charge in [0.25, 0.3) is 0 Å². The second kappa shape index (κ2) is 10.9. The van der Waals surface area contributed by atoms with Crippen LogP contribution in [0.2, 0.25) is 0 Å². The Morgan fingerprint density at radius 1 is 1.00 bits per heavy atom. The fourth-order valence-corrected chi connectivity index (χ4v) is 4.76. The molecule has 35 heavy (non-hydrogen) atoms. The number of aliphatic carboxylic acids is 1. The first kappa shape index (κ1) is 24.1. The summed E-state index contributed by atoms with van der Waals surface area (Å²) in [6.45, 7) is 0. The van der Waals surface area contributed by atoms with Crippen molar-refractivity contribution in [3.63, 3.8) is 0 Å². The molecule has 0 spiro atoms. The molecule has 1 amide bonds. The predicted molar refractivity (Wildman–Crippen MR) is 137 cm³/mol. The summed E-state index contributed by atoms with van der Waals surface area (Å²) < 4.78 is 5.44. The molecule has 8 heteroatoms. The Kier molecular flexibility index (Phi) is 7.52. The molecule has 2 aromatic heterocycles. The lowest BCUT2D eigenvalue weighted by Gasteiger charge is -2.21. The van der Waals surface area contributed by atoms with Crippen molar-refractivity contribution in [2.45, 2.75) is 12.8 Å². The lowest BCUT2D eigenvalue weighted by atomic mass is 9.95. The van der Waals surface area contributed by atoms with E-state index in [0.29, 0.717) is 23.1 Å². The molecule has 0 saturated heterocycles. The van der Waals surface area contributed by atoms with Gasteiger partial charge in [0.2, 0.25) is 11.8 Å². The van der Waals surface area contributed by atoms with Gasteiger partial charge in [-0.05, 0) is 29.7 Å². The summed E-state index contributed by atoms with van der Waals surface area (Å²) in [4.78, 5) is 35.3. The van der Waals surface area contributed by atoms with Crippen LogP contribution in [0, 0.1) is 5.92 Å². The molecule has 0 radical (unpaired) electrons. The highest BCUT2D eigenvalue weighted by atomic mass is 32.1. The fourth-order valence-electron chi connectivity index (χ4n) is 3.97. The highest BCUT2D eigenvalue weighted by Crippen LogP contribution is 2.37. The van der Waals surface area contributed by atoms with E-state index in [9.17, 15) is 14.7 Å². The minimum absolute atomic E-state index is 0.250. The van der Waals surface area contributed by atoms with Gasteiger partial charge >= 0.3 is 5.97 Å². The molecule has 0 aliphatic heterocycles. The van der Waals surface area contributed by atoms with Gasteiger partial charge in [0.05, 0.1) is 25.1 Å². The Balaban J connectivity index is 1.62. The van der Waals surface area contributed by atoms with Crippen LogP contribution in [0.15, 0.2) is 78.3 Å². The monoisotopic (exact) mass is 487 g/mol. The van der Waals surface area contributed by atoms with Crippen molar-refractivity contribution in [3.8, 4) is 28.3 Å². The van der Waals surface area contributed by atoms with Crippen molar-refractivity contribution >= 4 is 28.3 Å². The van der Waals surface area contributed by atoms with Crippen LogP contribution in [0.4, 0.5) is 5.13 Å². The van der Waals surface area contributed by atoms with Crippen molar-refractivity contribution in [3.05, 3.63) is 83.9 Å². The van der Waals surface area contributed by atoms with Gasteiger partial charge in [-0.15, -0.1) is 11.3 Å². The Hall–Kier alpha value is -4.04. The standard InChI is InChI=1S/C27H25N3O4S/c1-30(26(33)19(16-24(31)32)15-18-9-4-3-5-10-18)27-29-23(17-35-27)21-12-7-6-11-20(21)22-13-8-14-28-25(22)34-2/h3-14,17,19H,15-16H2,1-2H3,(H,31,32). The number of benzene rings is 2. The van der Waals surface area contributed by atoms with Crippen molar-refractivity contribution in [2.75, 3.05) is 19.1 Å². The average Bonchev–Trinajstić information content (AvgIpc) is 3.38. The Morgan fingerprint density at radius 3 is 2.40 bits per heavy atom. The number of methoxy groups -OCH3 is 1. The van der Waals surface area contributed by atoms with E-state index in [1.807, 2.05) is 72.1 Å². The topological polar surface area (TPSA) is 92.6 Å². The minimum atomic E-state index is -1.01. The summed E-state index contributed by atoms with van der Waals surface area (Å²) in [5.41, 5.74) is 4.27. The zero-order valence-electron chi connectivity index (χ0n) is 19.4. The molecule has 0 aliphatic rings. The maximum Gasteiger partial charge on any atom is 0.304 e.